The molecule has 3 rings (SSSR count). The summed E-state index contributed by atoms with van der Waals surface area (Å²) in [4.78, 5) is 24.5. The quantitative estimate of drug-likeness (QED) is 0.776. The van der Waals surface area contributed by atoms with Crippen LogP contribution in [-0.4, -0.2) is 34.1 Å². The van der Waals surface area contributed by atoms with E-state index < -0.39 is 12.1 Å². The largest absolute Gasteiger partial charge is 0.412 e. The van der Waals surface area contributed by atoms with Crippen LogP contribution in [0.3, 0.4) is 0 Å². The molecular weight excluding hydrogens is 312 g/mol. The molecule has 1 aliphatic heterocycles. The molecule has 0 fully saturated rings. The summed E-state index contributed by atoms with van der Waals surface area (Å²) in [7, 11) is 0. The fraction of sp³-hybridized carbons (Fsp3) is 0. The van der Waals surface area contributed by atoms with Gasteiger partial charge in [0.1, 0.15) is 6.34 Å². The van der Waals surface area contributed by atoms with Crippen LogP contribution in [-0.2, 0) is 0 Å². The van der Waals surface area contributed by atoms with E-state index in [1.165, 1.54) is 6.34 Å². The van der Waals surface area contributed by atoms with Gasteiger partial charge in [-0.25, -0.2) is 9.59 Å². The zero-order chi connectivity index (χ0) is 16.1. The number of hydrogen-bond acceptors (Lipinski definition) is 4. The van der Waals surface area contributed by atoms with Crippen LogP contribution < -0.4 is 16.1 Å². The van der Waals surface area contributed by atoms with Crippen LogP contribution in [0.15, 0.2) is 65.8 Å². The highest BCUT2D eigenvalue weighted by molar-refractivity contribution is 5.95. The molecule has 9 nitrogen and oxygen atoms in total. The molecule has 124 valence electrons. The first-order valence-corrected chi connectivity index (χ1v) is 6.85. The summed E-state index contributed by atoms with van der Waals surface area (Å²) >= 11 is 0. The molecule has 0 atom stereocenters. The van der Waals surface area contributed by atoms with Gasteiger partial charge in [-0.3, -0.25) is 5.43 Å². The lowest BCUT2D eigenvalue weighted by Gasteiger charge is -2.24. The second-order valence-corrected chi connectivity index (χ2v) is 4.57. The molecule has 0 spiro atoms. The lowest BCUT2D eigenvalue weighted by Crippen LogP contribution is -2.52. The van der Waals surface area contributed by atoms with Crippen LogP contribution in [0.25, 0.3) is 0 Å². The number of carbonyl (C=O) groups is 2. The highest BCUT2D eigenvalue weighted by Gasteiger charge is 2.29. The molecule has 0 radical (unpaired) electrons. The van der Waals surface area contributed by atoms with Crippen molar-refractivity contribution in [3.63, 3.8) is 0 Å². The van der Waals surface area contributed by atoms with Crippen molar-refractivity contribution in [3.05, 3.63) is 60.7 Å². The molecule has 0 aliphatic carbocycles. The van der Waals surface area contributed by atoms with Crippen molar-refractivity contribution >= 4 is 29.8 Å². The third-order valence-electron chi connectivity index (χ3n) is 2.96. The summed E-state index contributed by atoms with van der Waals surface area (Å²) in [6, 6.07) is 16.7. The first-order chi connectivity index (χ1) is 11.2. The van der Waals surface area contributed by atoms with E-state index in [0.717, 1.165) is 10.2 Å². The molecule has 2 aromatic rings. The number of benzene rings is 2. The molecule has 0 saturated heterocycles. The van der Waals surface area contributed by atoms with E-state index >= 15 is 0 Å². The smallest absolute Gasteiger partial charge is 0.364 e. The third-order valence-corrected chi connectivity index (χ3v) is 2.96. The Bertz CT molecular complexity index is 723. The van der Waals surface area contributed by atoms with Crippen LogP contribution in [0.2, 0.25) is 0 Å². The van der Waals surface area contributed by atoms with Crippen LogP contribution in [0.4, 0.5) is 21.0 Å². The van der Waals surface area contributed by atoms with Gasteiger partial charge in [-0.05, 0) is 24.3 Å². The topological polar surface area (TPSA) is 121 Å². The van der Waals surface area contributed by atoms with Crippen molar-refractivity contribution in [3.8, 4) is 0 Å². The van der Waals surface area contributed by atoms with Crippen molar-refractivity contribution in [2.45, 2.75) is 0 Å². The lowest BCUT2D eigenvalue weighted by molar-refractivity contribution is 0.0602. The summed E-state index contributed by atoms with van der Waals surface area (Å²) in [6.07, 6.45) is 1.25. The Balaban J connectivity index is 0.00000208. The Morgan fingerprint density at radius 2 is 1.33 bits per heavy atom. The van der Waals surface area contributed by atoms with Gasteiger partial charge < -0.3 is 16.1 Å². The predicted molar refractivity (Wildman–Crippen MR) is 89.8 cm³/mol. The van der Waals surface area contributed by atoms with E-state index in [9.17, 15) is 9.59 Å². The van der Waals surface area contributed by atoms with Crippen LogP contribution in [0.5, 0.6) is 0 Å². The Kier molecular flexibility index (Phi) is 5.32. The Morgan fingerprint density at radius 3 is 1.88 bits per heavy atom. The van der Waals surface area contributed by atoms with Gasteiger partial charge in [-0.2, -0.15) is 0 Å². The minimum absolute atomic E-state index is 0. The van der Waals surface area contributed by atoms with Gasteiger partial charge in [0.25, 0.3) is 0 Å². The number of anilines is 2. The fourth-order valence-electron chi connectivity index (χ4n) is 1.92. The Morgan fingerprint density at radius 1 is 0.833 bits per heavy atom. The van der Waals surface area contributed by atoms with Crippen molar-refractivity contribution in [2.24, 2.45) is 5.10 Å². The zero-order valence-corrected chi connectivity index (χ0v) is 12.5. The first-order valence-electron chi connectivity index (χ1n) is 6.85. The van der Waals surface area contributed by atoms with Crippen molar-refractivity contribution in [1.82, 2.24) is 15.7 Å². The van der Waals surface area contributed by atoms with Crippen LogP contribution in [0.1, 0.15) is 0 Å². The van der Waals surface area contributed by atoms with E-state index in [4.69, 9.17) is 0 Å². The maximum atomic E-state index is 12.2. The van der Waals surface area contributed by atoms with Gasteiger partial charge in [0, 0.05) is 11.4 Å². The first kappa shape index (κ1) is 16.8. The van der Waals surface area contributed by atoms with Gasteiger partial charge >= 0.3 is 12.1 Å². The van der Waals surface area contributed by atoms with E-state index in [1.54, 1.807) is 48.5 Å². The van der Waals surface area contributed by atoms with Gasteiger partial charge in [0.2, 0.25) is 0 Å². The molecule has 0 bridgehead atoms. The van der Waals surface area contributed by atoms with Gasteiger partial charge in [-0.1, -0.05) is 41.5 Å². The molecular formula is C15H16N6O3. The maximum absolute atomic E-state index is 12.2. The van der Waals surface area contributed by atoms with Crippen molar-refractivity contribution < 1.29 is 15.1 Å². The number of hydrazine groups is 2. The molecule has 24 heavy (non-hydrogen) atoms. The number of carbonyl (C=O) groups excluding carboxylic acids is 2. The second-order valence-electron chi connectivity index (χ2n) is 4.57. The molecule has 4 amide bonds. The van der Waals surface area contributed by atoms with Gasteiger partial charge in [0.15, 0.2) is 0 Å². The second kappa shape index (κ2) is 7.61. The van der Waals surface area contributed by atoms with Crippen molar-refractivity contribution in [1.29, 1.82) is 0 Å². The normalized spacial score (nSPS) is 12.2. The van der Waals surface area contributed by atoms with Crippen molar-refractivity contribution in [2.75, 3.05) is 10.6 Å². The number of hydrazone groups is 1. The maximum Gasteiger partial charge on any atom is 0.364 e. The molecule has 2 aromatic carbocycles. The molecule has 1 heterocycles. The fourth-order valence-corrected chi connectivity index (χ4v) is 1.92. The number of urea groups is 2. The monoisotopic (exact) mass is 328 g/mol. The minimum atomic E-state index is -0.569. The standard InChI is InChI=1S/C15H14N6O2.H2O/c22-14(18-12-7-3-1-4-8-12)20-16-11-17-21(20)15(23)19-13-9-5-2-6-10-13;/h1-11H,(H,16,17)(H,18,22)(H,19,23);1H2. The minimum Gasteiger partial charge on any atom is -0.412 e. The molecule has 0 saturated carbocycles. The van der Waals surface area contributed by atoms with E-state index in [-0.39, 0.29) is 5.48 Å². The number of nitrogens with zero attached hydrogens (tertiary/aromatic N) is 3. The van der Waals surface area contributed by atoms with Gasteiger partial charge in [-0.15, -0.1) is 10.2 Å². The predicted octanol–water partition coefficient (Wildman–Crippen LogP) is 1.61. The molecule has 5 N–H and O–H groups in total. The van der Waals surface area contributed by atoms with E-state index in [1.807, 2.05) is 12.1 Å². The number of hydrogen-bond donors (Lipinski definition) is 3. The molecule has 0 unspecified atom stereocenters. The third kappa shape index (κ3) is 3.78. The number of para-hydroxylation sites is 2. The number of amides is 4. The summed E-state index contributed by atoms with van der Waals surface area (Å²) in [5.41, 5.74) is 3.79. The Labute approximate surface area is 137 Å². The summed E-state index contributed by atoms with van der Waals surface area (Å²) in [5, 5.41) is 11.0. The Hall–Kier alpha value is -3.59. The average molecular weight is 328 g/mol. The molecule has 9 heteroatoms. The van der Waals surface area contributed by atoms with Crippen LogP contribution >= 0.6 is 0 Å². The SMILES string of the molecule is O.O=C(Nc1ccccc1)N1N=CNN1C(=O)Nc1ccccc1. The highest BCUT2D eigenvalue weighted by Crippen LogP contribution is 2.12. The van der Waals surface area contributed by atoms with E-state index in [0.29, 0.717) is 11.4 Å². The summed E-state index contributed by atoms with van der Waals surface area (Å²) < 4.78 is 0. The summed E-state index contributed by atoms with van der Waals surface area (Å²) in [6.45, 7) is 0. The molecule has 0 aromatic heterocycles. The lowest BCUT2D eigenvalue weighted by atomic mass is 10.3. The number of rotatable bonds is 2. The number of nitrogens with one attached hydrogen (secondary N) is 3. The van der Waals surface area contributed by atoms with Gasteiger partial charge in [0.05, 0.1) is 0 Å². The summed E-state index contributed by atoms with van der Waals surface area (Å²) in [5.74, 6) is 0. The zero-order valence-electron chi connectivity index (χ0n) is 12.5. The van der Waals surface area contributed by atoms with Crippen LogP contribution in [0, 0.1) is 0 Å². The highest BCUT2D eigenvalue weighted by atomic mass is 16.2. The molecule has 1 aliphatic rings. The van der Waals surface area contributed by atoms with E-state index in [2.05, 4.69) is 21.2 Å². The average Bonchev–Trinajstić information content (AvgIpc) is 3.06.